The van der Waals surface area contributed by atoms with Gasteiger partial charge in [-0.25, -0.2) is 0 Å². The van der Waals surface area contributed by atoms with E-state index in [0.29, 0.717) is 27.8 Å². The molecule has 0 aromatic heterocycles. The Balaban J connectivity index is 0.000000132. The van der Waals surface area contributed by atoms with Crippen molar-refractivity contribution in [3.8, 4) is 17.9 Å². The maximum absolute atomic E-state index is 12.8. The van der Waals surface area contributed by atoms with E-state index in [1.807, 2.05) is 133 Å². The fourth-order valence-electron chi connectivity index (χ4n) is 9.26. The second-order valence-electron chi connectivity index (χ2n) is 18.7. The SMILES string of the molecule is FC(F)(F)c1ccc([S+](c2ccccc2)c2ccccc2)cc1.N#Cc1ccc([S+](c2ccccc2)c2ccccc2)cc1.N#Cc1cccc([S+](c2ccccc2)c2ccccc2)c1.Oc1ccc([S+]2CCCCC2)c2ccccc12. The molecule has 0 unspecified atom stereocenters. The van der Waals surface area contributed by atoms with Gasteiger partial charge in [0.25, 0.3) is 0 Å². The Morgan fingerprint density at radius 2 is 0.683 bits per heavy atom. The molecule has 0 saturated carbocycles. The summed E-state index contributed by atoms with van der Waals surface area (Å²) in [6.45, 7) is 0. The summed E-state index contributed by atoms with van der Waals surface area (Å²) in [5, 5.41) is 30.2. The average molecular weight is 1150 g/mol. The molecule has 0 radical (unpaired) electrons. The number of nitrogens with zero attached hydrogens (tertiary/aromatic N) is 2. The van der Waals surface area contributed by atoms with Crippen LogP contribution in [0.3, 0.4) is 0 Å². The summed E-state index contributed by atoms with van der Waals surface area (Å²) in [6, 6.07) is 99.5. The Labute approximate surface area is 491 Å². The number of hydrogen-bond donors (Lipinski definition) is 1. The number of alkyl halides is 3. The number of aromatic hydroxyl groups is 1. The Kier molecular flexibility index (Phi) is 20.9. The normalized spacial score (nSPS) is 12.1. The van der Waals surface area contributed by atoms with Crippen molar-refractivity contribution in [1.82, 2.24) is 0 Å². The predicted molar refractivity (Wildman–Crippen MR) is 334 cm³/mol. The summed E-state index contributed by atoms with van der Waals surface area (Å²) in [4.78, 5) is 12.0. The zero-order valence-corrected chi connectivity index (χ0v) is 48.1. The maximum atomic E-state index is 12.8. The van der Waals surface area contributed by atoms with Crippen molar-refractivity contribution in [1.29, 1.82) is 10.5 Å². The van der Waals surface area contributed by atoms with Gasteiger partial charge in [-0.1, -0.05) is 133 Å². The summed E-state index contributed by atoms with van der Waals surface area (Å²) in [7, 11) is -0.331. The smallest absolute Gasteiger partial charge is 0.416 e. The molecule has 404 valence electrons. The van der Waals surface area contributed by atoms with Crippen LogP contribution in [-0.2, 0) is 49.8 Å². The van der Waals surface area contributed by atoms with Crippen molar-refractivity contribution in [2.24, 2.45) is 0 Å². The second-order valence-corrected chi connectivity index (χ2v) is 27.0. The van der Waals surface area contributed by atoms with E-state index in [1.165, 1.54) is 70.4 Å². The van der Waals surface area contributed by atoms with E-state index >= 15 is 0 Å². The largest absolute Gasteiger partial charge is 0.507 e. The van der Waals surface area contributed by atoms with Crippen LogP contribution in [0.2, 0.25) is 0 Å². The molecule has 1 heterocycles. The number of rotatable bonds is 10. The third-order valence-electron chi connectivity index (χ3n) is 13.2. The van der Waals surface area contributed by atoms with Crippen LogP contribution in [0.5, 0.6) is 5.75 Å². The van der Waals surface area contributed by atoms with Gasteiger partial charge in [-0.15, -0.1) is 0 Å². The van der Waals surface area contributed by atoms with Crippen molar-refractivity contribution in [2.75, 3.05) is 11.5 Å². The lowest BCUT2D eigenvalue weighted by atomic mass is 10.1. The molecule has 12 rings (SSSR count). The van der Waals surface area contributed by atoms with Crippen LogP contribution in [0.25, 0.3) is 10.8 Å². The monoisotopic (exact) mass is 1150 g/mol. The van der Waals surface area contributed by atoms with Crippen molar-refractivity contribution >= 4 is 54.4 Å². The quantitative estimate of drug-likeness (QED) is 0.139. The minimum Gasteiger partial charge on any atom is -0.507 e. The Morgan fingerprint density at radius 1 is 0.341 bits per heavy atom. The highest BCUT2D eigenvalue weighted by Gasteiger charge is 2.34. The molecule has 11 aromatic rings. The van der Waals surface area contributed by atoms with Crippen molar-refractivity contribution in [3.05, 3.63) is 308 Å². The molecule has 1 saturated heterocycles. The number of halogens is 3. The van der Waals surface area contributed by atoms with Crippen molar-refractivity contribution in [2.45, 2.75) is 74.4 Å². The summed E-state index contributed by atoms with van der Waals surface area (Å²) in [5.41, 5.74) is 0.784. The lowest BCUT2D eigenvalue weighted by Crippen LogP contribution is -2.17. The lowest BCUT2D eigenvalue weighted by molar-refractivity contribution is -0.137. The predicted octanol–water partition coefficient (Wildman–Crippen LogP) is 18.8. The Bertz CT molecular complexity index is 3690. The van der Waals surface area contributed by atoms with Crippen LogP contribution in [-0.4, -0.2) is 16.6 Å². The molecule has 1 aliphatic rings. The molecule has 10 heteroatoms. The van der Waals surface area contributed by atoms with Gasteiger partial charge < -0.3 is 5.11 Å². The average Bonchev–Trinajstić information content (AvgIpc) is 3.57. The molecule has 1 aliphatic heterocycles. The first-order chi connectivity index (χ1) is 40.2. The molecule has 82 heavy (non-hydrogen) atoms. The molecule has 0 spiro atoms. The number of phenols is 1. The van der Waals surface area contributed by atoms with Gasteiger partial charge in [0.1, 0.15) is 17.3 Å². The summed E-state index contributed by atoms with van der Waals surface area (Å²) in [6.07, 6.45) is -0.202. The lowest BCUT2D eigenvalue weighted by Gasteiger charge is -2.15. The van der Waals surface area contributed by atoms with E-state index in [0.717, 1.165) is 32.2 Å². The van der Waals surface area contributed by atoms with Gasteiger partial charge in [-0.2, -0.15) is 23.7 Å². The van der Waals surface area contributed by atoms with E-state index in [1.54, 1.807) is 12.1 Å². The van der Waals surface area contributed by atoms with Gasteiger partial charge in [0, 0.05) is 27.7 Å². The topological polar surface area (TPSA) is 67.8 Å². The first-order valence-electron chi connectivity index (χ1n) is 26.8. The fraction of sp³-hybridized carbons (Fsp3) is 0.0833. The molecular formula is C72H59F3N2OS4+4. The van der Waals surface area contributed by atoms with Gasteiger partial charge >= 0.3 is 6.18 Å². The number of benzene rings is 11. The van der Waals surface area contributed by atoms with E-state index in [4.69, 9.17) is 10.5 Å². The first kappa shape index (κ1) is 58.3. The number of fused-ring (bicyclic) bond motifs is 1. The zero-order chi connectivity index (χ0) is 56.9. The molecule has 0 aliphatic carbocycles. The van der Waals surface area contributed by atoms with Gasteiger partial charge in [0.05, 0.1) is 61.5 Å². The van der Waals surface area contributed by atoms with Gasteiger partial charge in [-0.05, 0) is 171 Å². The van der Waals surface area contributed by atoms with E-state index in [2.05, 4.69) is 146 Å². The minimum atomic E-state index is -4.31. The van der Waals surface area contributed by atoms with Crippen LogP contribution >= 0.6 is 0 Å². The van der Waals surface area contributed by atoms with Gasteiger partial charge in [0.15, 0.2) is 49.0 Å². The molecule has 11 aromatic carbocycles. The molecule has 1 N–H and O–H groups in total. The van der Waals surface area contributed by atoms with Gasteiger partial charge in [-0.3, -0.25) is 0 Å². The number of phenolic OH excluding ortho intramolecular Hbond substituents is 1. The van der Waals surface area contributed by atoms with Crippen LogP contribution < -0.4 is 0 Å². The molecule has 0 bridgehead atoms. The fourth-order valence-corrected chi connectivity index (χ4v) is 18.1. The minimum absolute atomic E-state index is 0.134. The molecule has 0 atom stereocenters. The molecular weight excluding hydrogens is 1090 g/mol. The molecule has 3 nitrogen and oxygen atoms in total. The third kappa shape index (κ3) is 15.6. The molecule has 1 fully saturated rings. The van der Waals surface area contributed by atoms with Crippen molar-refractivity contribution in [3.63, 3.8) is 0 Å². The summed E-state index contributed by atoms with van der Waals surface area (Å²) < 4.78 is 38.3. The highest BCUT2D eigenvalue weighted by atomic mass is 32.2. The highest BCUT2D eigenvalue weighted by Crippen LogP contribution is 2.37. The Morgan fingerprint density at radius 3 is 1.07 bits per heavy atom. The maximum Gasteiger partial charge on any atom is 0.416 e. The van der Waals surface area contributed by atoms with Gasteiger partial charge in [0.2, 0.25) is 0 Å². The molecule has 0 amide bonds. The second kappa shape index (κ2) is 29.4. The first-order valence-corrected chi connectivity index (χ1v) is 32.0. The van der Waals surface area contributed by atoms with E-state index in [-0.39, 0.29) is 21.8 Å². The van der Waals surface area contributed by atoms with Crippen LogP contribution in [0.4, 0.5) is 13.2 Å². The van der Waals surface area contributed by atoms with Crippen LogP contribution in [0, 0.1) is 22.7 Å². The Hall–Kier alpha value is -8.35. The van der Waals surface area contributed by atoms with E-state index < -0.39 is 22.6 Å². The number of hydrogen-bond acceptors (Lipinski definition) is 3. The third-order valence-corrected chi connectivity index (χ3v) is 22.4. The summed E-state index contributed by atoms with van der Waals surface area (Å²) in [5.74, 6) is 3.06. The van der Waals surface area contributed by atoms with Crippen LogP contribution in [0.1, 0.15) is 36.0 Å². The summed E-state index contributed by atoms with van der Waals surface area (Å²) >= 11 is 0. The number of nitriles is 2. The van der Waals surface area contributed by atoms with E-state index in [9.17, 15) is 18.3 Å². The van der Waals surface area contributed by atoms with Crippen molar-refractivity contribution < 1.29 is 18.3 Å². The highest BCUT2D eigenvalue weighted by molar-refractivity contribution is 7.98. The standard InChI is InChI=1S/C19H14F3S.2C19H14NS.C15H16OS/c20-19(21,22)15-11-13-18(14-12-15)23(16-7-3-1-4-8-16)17-9-5-2-6-10-17;20-15-16-8-7-13-19(14-16)21(17-9-3-1-4-10-17)18-11-5-2-6-12-18;20-15-16-11-13-19(14-12-16)21(17-7-3-1-4-8-17)18-9-5-2-6-10-18;16-14-8-9-15(17-10-4-1-5-11-17)13-7-3-2-6-12(13)14/h1-14H;2*1-14H;2-3,6-9H,1,4-5,10-11H2/q3*+1;/p+1. The zero-order valence-electron chi connectivity index (χ0n) is 44.9. The van der Waals surface area contributed by atoms with Crippen LogP contribution in [0.15, 0.2) is 340 Å².